The van der Waals surface area contributed by atoms with Gasteiger partial charge in [-0.05, 0) is 19.3 Å². The summed E-state index contributed by atoms with van der Waals surface area (Å²) in [5.74, 6) is 0.569. The Morgan fingerprint density at radius 1 is 1.31 bits per heavy atom. The van der Waals surface area contributed by atoms with Crippen LogP contribution in [-0.4, -0.2) is 19.3 Å². The number of rotatable bonds is 4. The third-order valence-corrected chi connectivity index (χ3v) is 3.20. The van der Waals surface area contributed by atoms with E-state index in [1.807, 2.05) is 6.92 Å². The zero-order valence-electron chi connectivity index (χ0n) is 9.89. The van der Waals surface area contributed by atoms with E-state index in [2.05, 4.69) is 39.2 Å². The van der Waals surface area contributed by atoms with Crippen LogP contribution in [0.4, 0.5) is 0 Å². The standard InChI is InChI=1S/C11H24OSi/c1-9(2)7-11(12)10(3)8-13(4,5)6/h8-9,11-12H,7H2,1-6H3/b10-8+. The molecule has 1 atom stereocenters. The van der Waals surface area contributed by atoms with Gasteiger partial charge in [-0.1, -0.05) is 44.8 Å². The van der Waals surface area contributed by atoms with Gasteiger partial charge in [0.2, 0.25) is 0 Å². The number of aliphatic hydroxyl groups excluding tert-OH is 1. The Bertz CT molecular complexity index is 177. The molecule has 0 rings (SSSR count). The van der Waals surface area contributed by atoms with Crippen molar-refractivity contribution in [3.63, 3.8) is 0 Å². The maximum atomic E-state index is 9.81. The van der Waals surface area contributed by atoms with Gasteiger partial charge in [0, 0.05) is 0 Å². The fraction of sp³-hybridized carbons (Fsp3) is 0.818. The maximum Gasteiger partial charge on any atom is 0.0746 e. The van der Waals surface area contributed by atoms with Crippen LogP contribution in [0.2, 0.25) is 19.6 Å². The Hall–Kier alpha value is -0.0831. The molecule has 78 valence electrons. The van der Waals surface area contributed by atoms with Crippen molar-refractivity contribution in [3.8, 4) is 0 Å². The van der Waals surface area contributed by atoms with E-state index in [-0.39, 0.29) is 6.10 Å². The highest BCUT2D eigenvalue weighted by Crippen LogP contribution is 2.15. The van der Waals surface area contributed by atoms with E-state index >= 15 is 0 Å². The highest BCUT2D eigenvalue weighted by atomic mass is 28.3. The van der Waals surface area contributed by atoms with Crippen LogP contribution in [0.25, 0.3) is 0 Å². The molecule has 0 heterocycles. The maximum absolute atomic E-state index is 9.81. The second kappa shape index (κ2) is 4.96. The van der Waals surface area contributed by atoms with E-state index in [9.17, 15) is 5.11 Å². The first-order valence-corrected chi connectivity index (χ1v) is 8.67. The van der Waals surface area contributed by atoms with Gasteiger partial charge in [0.25, 0.3) is 0 Å². The van der Waals surface area contributed by atoms with Crippen LogP contribution >= 0.6 is 0 Å². The van der Waals surface area contributed by atoms with Crippen LogP contribution in [-0.2, 0) is 0 Å². The number of hydrogen-bond donors (Lipinski definition) is 1. The Morgan fingerprint density at radius 2 is 1.77 bits per heavy atom. The van der Waals surface area contributed by atoms with Crippen molar-refractivity contribution in [2.45, 2.75) is 52.9 Å². The predicted octanol–water partition coefficient (Wildman–Crippen LogP) is 3.22. The topological polar surface area (TPSA) is 20.2 Å². The molecule has 0 fully saturated rings. The summed E-state index contributed by atoms with van der Waals surface area (Å²) in [4.78, 5) is 0. The Balaban J connectivity index is 4.25. The largest absolute Gasteiger partial charge is 0.389 e. The lowest BCUT2D eigenvalue weighted by Crippen LogP contribution is -2.20. The average molecular weight is 200 g/mol. The summed E-state index contributed by atoms with van der Waals surface area (Å²) in [5, 5.41) is 9.81. The molecule has 1 nitrogen and oxygen atoms in total. The van der Waals surface area contributed by atoms with Gasteiger partial charge in [-0.2, -0.15) is 0 Å². The van der Waals surface area contributed by atoms with Crippen molar-refractivity contribution in [1.82, 2.24) is 0 Å². The molecule has 0 saturated carbocycles. The van der Waals surface area contributed by atoms with Gasteiger partial charge in [0.1, 0.15) is 0 Å². The minimum atomic E-state index is -1.16. The van der Waals surface area contributed by atoms with Crippen LogP contribution in [0.1, 0.15) is 27.2 Å². The van der Waals surface area contributed by atoms with Gasteiger partial charge in [-0.25, -0.2) is 0 Å². The molecule has 0 bridgehead atoms. The van der Waals surface area contributed by atoms with Crippen LogP contribution in [0.5, 0.6) is 0 Å². The lowest BCUT2D eigenvalue weighted by molar-refractivity contribution is 0.183. The molecule has 0 spiro atoms. The summed E-state index contributed by atoms with van der Waals surface area (Å²) in [6.07, 6.45) is 0.652. The van der Waals surface area contributed by atoms with Crippen LogP contribution in [0, 0.1) is 5.92 Å². The van der Waals surface area contributed by atoms with E-state index in [1.165, 1.54) is 0 Å². The molecule has 2 heteroatoms. The Morgan fingerprint density at radius 3 is 2.08 bits per heavy atom. The minimum Gasteiger partial charge on any atom is -0.389 e. The Labute approximate surface area is 83.9 Å². The van der Waals surface area contributed by atoms with Crippen molar-refractivity contribution >= 4 is 8.07 Å². The second-order valence-electron chi connectivity index (χ2n) is 5.40. The molecule has 13 heavy (non-hydrogen) atoms. The third kappa shape index (κ3) is 7.02. The quantitative estimate of drug-likeness (QED) is 0.691. The van der Waals surface area contributed by atoms with Crippen LogP contribution < -0.4 is 0 Å². The molecule has 0 aromatic carbocycles. The van der Waals surface area contributed by atoms with E-state index < -0.39 is 8.07 Å². The van der Waals surface area contributed by atoms with E-state index in [4.69, 9.17) is 0 Å². The second-order valence-corrected chi connectivity index (χ2v) is 10.4. The van der Waals surface area contributed by atoms with Crippen LogP contribution in [0.15, 0.2) is 11.3 Å². The molecule has 0 aromatic heterocycles. The van der Waals surface area contributed by atoms with Crippen molar-refractivity contribution in [2.75, 3.05) is 0 Å². The molecule has 0 radical (unpaired) electrons. The zero-order valence-corrected chi connectivity index (χ0v) is 10.9. The predicted molar refractivity (Wildman–Crippen MR) is 62.6 cm³/mol. The van der Waals surface area contributed by atoms with Gasteiger partial charge >= 0.3 is 0 Å². The van der Waals surface area contributed by atoms with Crippen molar-refractivity contribution in [3.05, 3.63) is 11.3 Å². The lowest BCUT2D eigenvalue weighted by Gasteiger charge is -2.17. The summed E-state index contributed by atoms with van der Waals surface area (Å²) in [7, 11) is -1.16. The van der Waals surface area contributed by atoms with E-state index in [1.54, 1.807) is 0 Å². The number of aliphatic hydroxyl groups is 1. The highest BCUT2D eigenvalue weighted by molar-refractivity contribution is 6.81. The highest BCUT2D eigenvalue weighted by Gasteiger charge is 2.14. The molecule has 0 aliphatic rings. The smallest absolute Gasteiger partial charge is 0.0746 e. The average Bonchev–Trinajstić information content (AvgIpc) is 1.81. The van der Waals surface area contributed by atoms with Crippen molar-refractivity contribution in [1.29, 1.82) is 0 Å². The van der Waals surface area contributed by atoms with Gasteiger partial charge in [0.15, 0.2) is 0 Å². The fourth-order valence-electron chi connectivity index (χ4n) is 1.41. The number of hydrogen-bond acceptors (Lipinski definition) is 1. The third-order valence-electron chi connectivity index (χ3n) is 1.88. The van der Waals surface area contributed by atoms with Crippen molar-refractivity contribution < 1.29 is 5.11 Å². The summed E-state index contributed by atoms with van der Waals surface area (Å²) < 4.78 is 0. The zero-order chi connectivity index (χ0) is 10.6. The summed E-state index contributed by atoms with van der Waals surface area (Å²) in [5.41, 5.74) is 3.45. The molecule has 0 aromatic rings. The minimum absolute atomic E-state index is 0.230. The molecule has 0 saturated heterocycles. The van der Waals surface area contributed by atoms with Crippen LogP contribution in [0.3, 0.4) is 0 Å². The normalized spacial score (nSPS) is 16.5. The fourth-order valence-corrected chi connectivity index (χ4v) is 2.97. The Kier molecular flexibility index (Phi) is 4.93. The molecule has 0 aliphatic carbocycles. The molecule has 1 unspecified atom stereocenters. The lowest BCUT2D eigenvalue weighted by atomic mass is 10.0. The van der Waals surface area contributed by atoms with E-state index in [0.717, 1.165) is 12.0 Å². The first-order valence-electron chi connectivity index (χ1n) is 5.10. The first-order chi connectivity index (χ1) is 5.72. The summed E-state index contributed by atoms with van der Waals surface area (Å²) in [6.45, 7) is 13.2. The molecular formula is C11H24OSi. The van der Waals surface area contributed by atoms with Crippen molar-refractivity contribution in [2.24, 2.45) is 5.92 Å². The van der Waals surface area contributed by atoms with Gasteiger partial charge in [0.05, 0.1) is 14.2 Å². The summed E-state index contributed by atoms with van der Waals surface area (Å²) in [6, 6.07) is 0. The van der Waals surface area contributed by atoms with Gasteiger partial charge in [-0.15, -0.1) is 0 Å². The molecule has 1 N–H and O–H groups in total. The SMILES string of the molecule is C/C(=C\[Si](C)(C)C)C(O)CC(C)C. The van der Waals surface area contributed by atoms with E-state index in [0.29, 0.717) is 5.92 Å². The van der Waals surface area contributed by atoms with Gasteiger partial charge in [-0.3, -0.25) is 0 Å². The molecule has 0 aliphatic heterocycles. The summed E-state index contributed by atoms with van der Waals surface area (Å²) >= 11 is 0. The monoisotopic (exact) mass is 200 g/mol. The molecule has 0 amide bonds. The van der Waals surface area contributed by atoms with Gasteiger partial charge < -0.3 is 5.11 Å². The first kappa shape index (κ1) is 12.9. The molecular weight excluding hydrogens is 176 g/mol.